The molecule has 3 amide bonds. The van der Waals surface area contributed by atoms with E-state index in [1.54, 1.807) is 26.7 Å². The second-order valence-electron chi connectivity index (χ2n) is 8.91. The molecule has 2 fully saturated rings. The molecule has 1 saturated carbocycles. The lowest BCUT2D eigenvalue weighted by Gasteiger charge is -2.34. The minimum absolute atomic E-state index is 0.0168. The smallest absolute Gasteiger partial charge is 0.323 e. The summed E-state index contributed by atoms with van der Waals surface area (Å²) in [5.41, 5.74) is 0.634. The van der Waals surface area contributed by atoms with E-state index in [1.165, 1.54) is 32.1 Å². The average molecular weight is 454 g/mol. The molecule has 1 aromatic carbocycles. The first kappa shape index (κ1) is 23.1. The third-order valence-corrected chi connectivity index (χ3v) is 6.71. The Hall–Kier alpha value is -3.03. The van der Waals surface area contributed by atoms with E-state index in [1.807, 2.05) is 31.2 Å². The van der Waals surface area contributed by atoms with Crippen LogP contribution in [0.25, 0.3) is 0 Å². The molecule has 8 heteroatoms. The second kappa shape index (κ2) is 11.2. The van der Waals surface area contributed by atoms with Gasteiger partial charge in [-0.2, -0.15) is 5.10 Å². The normalized spacial score (nSPS) is 17.1. The lowest BCUT2D eigenvalue weighted by Crippen LogP contribution is -2.51. The van der Waals surface area contributed by atoms with E-state index in [2.05, 4.69) is 10.4 Å². The van der Waals surface area contributed by atoms with Crippen LogP contribution in [-0.2, 0) is 6.54 Å². The lowest BCUT2D eigenvalue weighted by molar-refractivity contribution is 0.0671. The molecule has 8 nitrogen and oxygen atoms in total. The molecule has 33 heavy (non-hydrogen) atoms. The van der Waals surface area contributed by atoms with Crippen molar-refractivity contribution in [3.8, 4) is 5.75 Å². The Kier molecular flexibility index (Phi) is 7.86. The number of piperazine rings is 1. The maximum atomic E-state index is 13.0. The SMILES string of the molecule is CCn1nccc1NC(=O)N1CCN(C(=O)c2cccc(OCCC3CCCCC3)c2)CC1. The Morgan fingerprint density at radius 1 is 1.06 bits per heavy atom. The molecule has 2 aliphatic rings. The standard InChI is InChI=1S/C25H35N5O3/c1-2-30-23(11-13-26-30)27-25(32)29-16-14-28(15-17-29)24(31)21-9-6-10-22(19-21)33-18-12-20-7-4-3-5-8-20/h6,9-11,13,19-20H,2-5,7-8,12,14-18H2,1H3,(H,27,32). The summed E-state index contributed by atoms with van der Waals surface area (Å²) in [6.45, 7) is 5.37. The quantitative estimate of drug-likeness (QED) is 0.680. The van der Waals surface area contributed by atoms with Crippen molar-refractivity contribution in [2.45, 2.75) is 52.0 Å². The summed E-state index contributed by atoms with van der Waals surface area (Å²) in [4.78, 5) is 29.2. The van der Waals surface area contributed by atoms with E-state index in [4.69, 9.17) is 4.74 Å². The maximum absolute atomic E-state index is 13.0. The van der Waals surface area contributed by atoms with Crippen molar-refractivity contribution in [2.24, 2.45) is 5.92 Å². The first-order chi connectivity index (χ1) is 16.1. The highest BCUT2D eigenvalue weighted by atomic mass is 16.5. The van der Waals surface area contributed by atoms with Gasteiger partial charge in [0, 0.05) is 44.4 Å². The summed E-state index contributed by atoms with van der Waals surface area (Å²) in [7, 11) is 0. The predicted octanol–water partition coefficient (Wildman–Crippen LogP) is 4.24. The van der Waals surface area contributed by atoms with Crippen molar-refractivity contribution < 1.29 is 14.3 Å². The van der Waals surface area contributed by atoms with Crippen LogP contribution >= 0.6 is 0 Å². The fraction of sp³-hybridized carbons (Fsp3) is 0.560. The van der Waals surface area contributed by atoms with Crippen LogP contribution in [0, 0.1) is 5.92 Å². The van der Waals surface area contributed by atoms with Gasteiger partial charge in [0.25, 0.3) is 5.91 Å². The zero-order valence-electron chi connectivity index (χ0n) is 19.5. The summed E-state index contributed by atoms with van der Waals surface area (Å²) < 4.78 is 7.70. The van der Waals surface area contributed by atoms with E-state index in [0.29, 0.717) is 50.7 Å². The number of aromatic nitrogens is 2. The summed E-state index contributed by atoms with van der Waals surface area (Å²) >= 11 is 0. The third-order valence-electron chi connectivity index (χ3n) is 6.71. The number of carbonyl (C=O) groups excluding carboxylic acids is 2. The number of urea groups is 1. The van der Waals surface area contributed by atoms with E-state index in [-0.39, 0.29) is 11.9 Å². The molecule has 0 atom stereocenters. The van der Waals surface area contributed by atoms with Crippen LogP contribution in [0.5, 0.6) is 5.75 Å². The Balaban J connectivity index is 1.25. The molecule has 4 rings (SSSR count). The minimum Gasteiger partial charge on any atom is -0.494 e. The van der Waals surface area contributed by atoms with Crippen molar-refractivity contribution in [1.82, 2.24) is 19.6 Å². The number of nitrogens with zero attached hydrogens (tertiary/aromatic N) is 4. The number of carbonyl (C=O) groups is 2. The molecule has 2 heterocycles. The number of nitrogens with one attached hydrogen (secondary N) is 1. The second-order valence-corrected chi connectivity index (χ2v) is 8.91. The van der Waals surface area contributed by atoms with E-state index in [0.717, 1.165) is 18.1 Å². The number of aryl methyl sites for hydroxylation is 1. The van der Waals surface area contributed by atoms with Gasteiger partial charge >= 0.3 is 6.03 Å². The number of rotatable bonds is 7. The molecule has 2 aromatic rings. The zero-order valence-corrected chi connectivity index (χ0v) is 19.5. The number of benzene rings is 1. The number of amides is 3. The maximum Gasteiger partial charge on any atom is 0.323 e. The Morgan fingerprint density at radius 3 is 2.58 bits per heavy atom. The number of anilines is 1. The zero-order chi connectivity index (χ0) is 23.0. The van der Waals surface area contributed by atoms with Crippen molar-refractivity contribution in [3.05, 3.63) is 42.1 Å². The molecule has 0 bridgehead atoms. The lowest BCUT2D eigenvalue weighted by atomic mass is 9.87. The molecule has 1 aromatic heterocycles. The van der Waals surface area contributed by atoms with Crippen LogP contribution in [0.15, 0.2) is 36.5 Å². The molecule has 1 aliphatic heterocycles. The van der Waals surface area contributed by atoms with Gasteiger partial charge in [-0.15, -0.1) is 0 Å². The number of hydrogen-bond donors (Lipinski definition) is 1. The topological polar surface area (TPSA) is 79.7 Å². The summed E-state index contributed by atoms with van der Waals surface area (Å²) in [6.07, 6.45) is 9.43. The Bertz CT molecular complexity index is 930. The predicted molar refractivity (Wildman–Crippen MR) is 128 cm³/mol. The molecule has 178 valence electrons. The van der Waals surface area contributed by atoms with Crippen LogP contribution in [0.2, 0.25) is 0 Å². The van der Waals surface area contributed by atoms with Gasteiger partial charge < -0.3 is 14.5 Å². The Labute approximate surface area is 195 Å². The molecular formula is C25H35N5O3. The van der Waals surface area contributed by atoms with Gasteiger partial charge in [0.1, 0.15) is 11.6 Å². The largest absolute Gasteiger partial charge is 0.494 e. The first-order valence-corrected chi connectivity index (χ1v) is 12.2. The first-order valence-electron chi connectivity index (χ1n) is 12.2. The van der Waals surface area contributed by atoms with Crippen molar-refractivity contribution in [3.63, 3.8) is 0 Å². The fourth-order valence-corrected chi connectivity index (χ4v) is 4.71. The van der Waals surface area contributed by atoms with Gasteiger partial charge in [0.2, 0.25) is 0 Å². The summed E-state index contributed by atoms with van der Waals surface area (Å²) in [6, 6.07) is 9.09. The van der Waals surface area contributed by atoms with Crippen LogP contribution in [0.3, 0.4) is 0 Å². The van der Waals surface area contributed by atoms with Crippen LogP contribution in [-0.4, -0.2) is 64.3 Å². The number of hydrogen-bond acceptors (Lipinski definition) is 4. The van der Waals surface area contributed by atoms with E-state index < -0.39 is 0 Å². The van der Waals surface area contributed by atoms with Gasteiger partial charge in [-0.1, -0.05) is 38.2 Å². The average Bonchev–Trinajstić information content (AvgIpc) is 3.31. The van der Waals surface area contributed by atoms with Crippen LogP contribution in [0.1, 0.15) is 55.8 Å². The highest BCUT2D eigenvalue weighted by molar-refractivity contribution is 5.95. The van der Waals surface area contributed by atoms with E-state index >= 15 is 0 Å². The number of ether oxygens (including phenoxy) is 1. The van der Waals surface area contributed by atoms with Gasteiger partial charge in [0.15, 0.2) is 0 Å². The third kappa shape index (κ3) is 6.06. The molecule has 0 radical (unpaired) electrons. The van der Waals surface area contributed by atoms with Crippen LogP contribution in [0.4, 0.5) is 10.6 Å². The molecule has 0 spiro atoms. The van der Waals surface area contributed by atoms with Gasteiger partial charge in [-0.05, 0) is 37.5 Å². The fourth-order valence-electron chi connectivity index (χ4n) is 4.71. The minimum atomic E-state index is -0.161. The molecular weight excluding hydrogens is 418 g/mol. The van der Waals surface area contributed by atoms with Gasteiger partial charge in [0.05, 0.1) is 12.8 Å². The summed E-state index contributed by atoms with van der Waals surface area (Å²) in [5, 5.41) is 7.08. The summed E-state index contributed by atoms with van der Waals surface area (Å²) in [5.74, 6) is 2.19. The monoisotopic (exact) mass is 453 g/mol. The highest BCUT2D eigenvalue weighted by Gasteiger charge is 2.25. The molecule has 1 saturated heterocycles. The Morgan fingerprint density at radius 2 is 1.82 bits per heavy atom. The van der Waals surface area contributed by atoms with Crippen molar-refractivity contribution in [1.29, 1.82) is 0 Å². The molecule has 0 unspecified atom stereocenters. The van der Waals surface area contributed by atoms with Gasteiger partial charge in [-0.3, -0.25) is 10.1 Å². The van der Waals surface area contributed by atoms with Crippen molar-refractivity contribution in [2.75, 3.05) is 38.1 Å². The van der Waals surface area contributed by atoms with Gasteiger partial charge in [-0.25, -0.2) is 9.48 Å². The van der Waals surface area contributed by atoms with Crippen molar-refractivity contribution >= 4 is 17.8 Å². The van der Waals surface area contributed by atoms with Crippen LogP contribution < -0.4 is 10.1 Å². The van der Waals surface area contributed by atoms with E-state index in [9.17, 15) is 9.59 Å². The molecule has 1 aliphatic carbocycles. The molecule has 1 N–H and O–H groups in total. The highest BCUT2D eigenvalue weighted by Crippen LogP contribution is 2.26.